The van der Waals surface area contributed by atoms with Crippen molar-refractivity contribution in [3.63, 3.8) is 0 Å². The number of benzene rings is 3. The molecule has 0 aliphatic rings. The Labute approximate surface area is 230 Å². The Bertz CT molecular complexity index is 1680. The topological polar surface area (TPSA) is 55.6 Å². The van der Waals surface area contributed by atoms with Gasteiger partial charge in [0, 0.05) is 18.3 Å². The fourth-order valence-corrected chi connectivity index (χ4v) is 4.22. The number of aryl methyl sites for hydroxylation is 1. The number of nitrogens with zero attached hydrogens (tertiary/aromatic N) is 2. The van der Waals surface area contributed by atoms with E-state index in [1.165, 1.54) is 12.1 Å². The molecule has 1 N–H and O–H groups in total. The highest BCUT2D eigenvalue weighted by Gasteiger charge is 2.37. The van der Waals surface area contributed by atoms with Gasteiger partial charge in [0.25, 0.3) is 0 Å². The summed E-state index contributed by atoms with van der Waals surface area (Å²) in [6, 6.07) is 20.2. The van der Waals surface area contributed by atoms with E-state index in [0.29, 0.717) is 41.4 Å². The molecule has 2 heterocycles. The van der Waals surface area contributed by atoms with Crippen LogP contribution in [0.25, 0.3) is 16.9 Å². The van der Waals surface area contributed by atoms with E-state index in [2.05, 4.69) is 5.32 Å². The largest absolute Gasteiger partial charge is 0.423 e. The third-order valence-electron chi connectivity index (χ3n) is 6.25. The van der Waals surface area contributed by atoms with Crippen molar-refractivity contribution in [2.45, 2.75) is 25.8 Å². The van der Waals surface area contributed by atoms with Gasteiger partial charge in [-0.2, -0.15) is 26.3 Å². The quantitative estimate of drug-likeness (QED) is 0.127. The molecule has 0 spiro atoms. The molecule has 0 aliphatic carbocycles. The highest BCUT2D eigenvalue weighted by molar-refractivity contribution is 5.91. The van der Waals surface area contributed by atoms with Crippen LogP contribution in [-0.2, 0) is 18.9 Å². The number of ether oxygens (including phenoxy) is 1. The van der Waals surface area contributed by atoms with E-state index < -0.39 is 35.0 Å². The number of hydrogen-bond acceptors (Lipinski definition) is 4. The van der Waals surface area contributed by atoms with Crippen LogP contribution in [0.1, 0.15) is 32.6 Å². The Balaban J connectivity index is 1.42. The van der Waals surface area contributed by atoms with E-state index >= 15 is 0 Å². The average Bonchev–Trinajstić information content (AvgIpc) is 3.29. The molecular formula is C30H21F6N3O2. The Morgan fingerprint density at radius 2 is 1.49 bits per heavy atom. The number of aromatic nitrogens is 2. The van der Waals surface area contributed by atoms with E-state index in [9.17, 15) is 31.1 Å². The fourth-order valence-electron chi connectivity index (χ4n) is 4.22. The van der Waals surface area contributed by atoms with Crippen molar-refractivity contribution >= 4 is 17.4 Å². The number of nitrogens with one attached hydrogen (secondary N) is 1. The van der Waals surface area contributed by atoms with E-state index in [4.69, 9.17) is 9.72 Å². The zero-order chi connectivity index (χ0) is 29.4. The molecule has 210 valence electrons. The van der Waals surface area contributed by atoms with Crippen LogP contribution in [-0.4, -0.2) is 15.4 Å². The van der Waals surface area contributed by atoms with Gasteiger partial charge >= 0.3 is 18.3 Å². The number of halogens is 6. The Morgan fingerprint density at radius 3 is 2.10 bits per heavy atom. The summed E-state index contributed by atoms with van der Waals surface area (Å²) >= 11 is 0. The van der Waals surface area contributed by atoms with E-state index in [1.54, 1.807) is 12.1 Å². The summed E-state index contributed by atoms with van der Waals surface area (Å²) in [5.41, 5.74) is -0.104. The molecule has 2 aromatic heterocycles. The van der Waals surface area contributed by atoms with E-state index in [-0.39, 0.29) is 11.8 Å². The molecule has 11 heteroatoms. The first-order valence-corrected chi connectivity index (χ1v) is 12.3. The first kappa shape index (κ1) is 27.8. The van der Waals surface area contributed by atoms with Crippen molar-refractivity contribution in [2.75, 3.05) is 5.32 Å². The van der Waals surface area contributed by atoms with Crippen LogP contribution in [0.15, 0.2) is 91.1 Å². The Kier molecular flexibility index (Phi) is 7.20. The minimum atomic E-state index is -5.09. The van der Waals surface area contributed by atoms with Crippen molar-refractivity contribution in [3.8, 4) is 17.0 Å². The fraction of sp³-hybridized carbons (Fsp3) is 0.133. The molecule has 0 unspecified atom stereocenters. The van der Waals surface area contributed by atoms with Crippen LogP contribution < -0.4 is 10.1 Å². The molecule has 0 radical (unpaired) electrons. The van der Waals surface area contributed by atoms with Crippen LogP contribution in [0.5, 0.6) is 5.75 Å². The molecule has 0 aliphatic heterocycles. The summed E-state index contributed by atoms with van der Waals surface area (Å²) in [7, 11) is 0. The van der Waals surface area contributed by atoms with Crippen LogP contribution >= 0.6 is 0 Å². The second kappa shape index (κ2) is 10.6. The number of imidazole rings is 1. The van der Waals surface area contributed by atoms with Crippen LogP contribution in [0.4, 0.5) is 32.2 Å². The highest BCUT2D eigenvalue weighted by atomic mass is 19.4. The first-order valence-electron chi connectivity index (χ1n) is 12.3. The summed E-state index contributed by atoms with van der Waals surface area (Å²) in [5.74, 6) is -0.719. The summed E-state index contributed by atoms with van der Waals surface area (Å²) < 4.78 is 86.1. The van der Waals surface area contributed by atoms with Gasteiger partial charge in [0.1, 0.15) is 22.9 Å². The second-order valence-electron chi connectivity index (χ2n) is 9.29. The van der Waals surface area contributed by atoms with Gasteiger partial charge in [0.05, 0.1) is 16.7 Å². The number of hydrogen-bond donors (Lipinski definition) is 1. The third kappa shape index (κ3) is 6.19. The Morgan fingerprint density at radius 1 is 0.854 bits per heavy atom. The summed E-state index contributed by atoms with van der Waals surface area (Å²) in [6.45, 7) is 2.46. The zero-order valence-electron chi connectivity index (χ0n) is 21.3. The van der Waals surface area contributed by atoms with Crippen molar-refractivity contribution in [3.05, 3.63) is 119 Å². The summed E-state index contributed by atoms with van der Waals surface area (Å²) in [4.78, 5) is 17.3. The standard InChI is InChI=1S/C30H21F6N3O2/c1-18-11-12-39-25(13-18)38-26(27(39)37-17-19-5-3-2-4-6-19)20-7-9-24(10-8-20)41-28(40)21-14-22(29(31,32)33)16-23(15-21)30(34,35)36/h2-16,37H,17H2,1H3. The van der Waals surface area contributed by atoms with Crippen LogP contribution in [0.2, 0.25) is 0 Å². The average molecular weight is 570 g/mol. The van der Waals surface area contributed by atoms with Crippen LogP contribution in [0.3, 0.4) is 0 Å². The van der Waals surface area contributed by atoms with Gasteiger partial charge in [-0.1, -0.05) is 30.3 Å². The molecule has 0 saturated heterocycles. The molecule has 0 amide bonds. The first-order chi connectivity index (χ1) is 19.4. The molecule has 0 atom stereocenters. The molecule has 5 rings (SSSR count). The summed E-state index contributed by atoms with van der Waals surface area (Å²) in [5, 5.41) is 3.40. The minimum absolute atomic E-state index is 0.0503. The maximum absolute atomic E-state index is 13.2. The van der Waals surface area contributed by atoms with Crippen LogP contribution in [0, 0.1) is 6.92 Å². The lowest BCUT2D eigenvalue weighted by Crippen LogP contribution is -2.15. The highest BCUT2D eigenvalue weighted by Crippen LogP contribution is 2.37. The van der Waals surface area contributed by atoms with Crippen molar-refractivity contribution in [1.82, 2.24) is 9.38 Å². The smallest absolute Gasteiger partial charge is 0.416 e. The normalized spacial score (nSPS) is 12.0. The van der Waals surface area contributed by atoms with Gasteiger partial charge < -0.3 is 10.1 Å². The lowest BCUT2D eigenvalue weighted by molar-refractivity contribution is -0.143. The maximum Gasteiger partial charge on any atom is 0.416 e. The van der Waals surface area contributed by atoms with Gasteiger partial charge in [-0.15, -0.1) is 0 Å². The summed E-state index contributed by atoms with van der Waals surface area (Å²) in [6.07, 6.45) is -8.29. The lowest BCUT2D eigenvalue weighted by Gasteiger charge is -2.14. The minimum Gasteiger partial charge on any atom is -0.423 e. The number of carbonyl (C=O) groups excluding carboxylic acids is 1. The number of anilines is 1. The third-order valence-corrected chi connectivity index (χ3v) is 6.25. The predicted octanol–water partition coefficient (Wildman–Crippen LogP) is 8.18. The molecule has 0 saturated carbocycles. The zero-order valence-corrected chi connectivity index (χ0v) is 21.3. The van der Waals surface area contributed by atoms with Gasteiger partial charge in [-0.05, 0) is 72.6 Å². The van der Waals surface area contributed by atoms with Crippen molar-refractivity contribution in [1.29, 1.82) is 0 Å². The molecule has 41 heavy (non-hydrogen) atoms. The number of carbonyl (C=O) groups is 1. The lowest BCUT2D eigenvalue weighted by atomic mass is 10.0. The number of fused-ring (bicyclic) bond motifs is 1. The predicted molar refractivity (Wildman–Crippen MR) is 141 cm³/mol. The van der Waals surface area contributed by atoms with E-state index in [1.807, 2.05) is 60.0 Å². The maximum atomic E-state index is 13.2. The number of esters is 1. The molecule has 0 bridgehead atoms. The number of alkyl halides is 6. The van der Waals surface area contributed by atoms with Gasteiger partial charge in [0.15, 0.2) is 0 Å². The van der Waals surface area contributed by atoms with Crippen molar-refractivity contribution in [2.24, 2.45) is 0 Å². The van der Waals surface area contributed by atoms with E-state index in [0.717, 1.165) is 11.1 Å². The van der Waals surface area contributed by atoms with Crippen molar-refractivity contribution < 1.29 is 35.9 Å². The Hall–Kier alpha value is -4.80. The number of pyridine rings is 1. The van der Waals surface area contributed by atoms with Gasteiger partial charge in [-0.25, -0.2) is 9.78 Å². The van der Waals surface area contributed by atoms with Gasteiger partial charge in [0.2, 0.25) is 0 Å². The van der Waals surface area contributed by atoms with Gasteiger partial charge in [-0.3, -0.25) is 4.40 Å². The molecule has 3 aromatic carbocycles. The second-order valence-corrected chi connectivity index (χ2v) is 9.29. The monoisotopic (exact) mass is 569 g/mol. The SMILES string of the molecule is Cc1ccn2c(NCc3ccccc3)c(-c3ccc(OC(=O)c4cc(C(F)(F)F)cc(C(F)(F)F)c4)cc3)nc2c1. The molecular weight excluding hydrogens is 548 g/mol. The number of rotatable bonds is 6. The molecule has 5 nitrogen and oxygen atoms in total. The molecule has 0 fully saturated rings. The molecule has 5 aromatic rings.